The molecule has 1 atom stereocenters. The number of halogens is 1. The van der Waals surface area contributed by atoms with E-state index < -0.39 is 14.9 Å². The molecule has 1 heterocycles. The van der Waals surface area contributed by atoms with Crippen LogP contribution in [0.1, 0.15) is 24.0 Å². The Bertz CT molecular complexity index is 673. The van der Waals surface area contributed by atoms with Crippen LogP contribution in [0, 0.1) is 29.9 Å². The first-order valence-electron chi connectivity index (χ1n) is 7.27. The van der Waals surface area contributed by atoms with Crippen molar-refractivity contribution in [1.29, 1.82) is 0 Å². The number of sulfonamides is 1. The molecule has 0 saturated carbocycles. The first kappa shape index (κ1) is 19.8. The number of benzene rings is 1. The van der Waals surface area contributed by atoms with Gasteiger partial charge in [0.2, 0.25) is 10.0 Å². The zero-order valence-electron chi connectivity index (χ0n) is 13.2. The van der Waals surface area contributed by atoms with Gasteiger partial charge in [0.1, 0.15) is 0 Å². The molecule has 2 rings (SSSR count). The summed E-state index contributed by atoms with van der Waals surface area (Å²) >= 11 is 0. The molecule has 1 saturated heterocycles. The van der Waals surface area contributed by atoms with Crippen molar-refractivity contribution in [3.8, 4) is 0 Å². The Morgan fingerprint density at radius 2 is 2.09 bits per heavy atom. The monoisotopic (exact) mass is 363 g/mol. The van der Waals surface area contributed by atoms with Crippen molar-refractivity contribution in [3.63, 3.8) is 0 Å². The van der Waals surface area contributed by atoms with Gasteiger partial charge in [-0.05, 0) is 56.8 Å². The molecule has 0 spiro atoms. The van der Waals surface area contributed by atoms with Gasteiger partial charge in [0, 0.05) is 18.7 Å². The predicted octanol–water partition coefficient (Wildman–Crippen LogP) is 1.91. The normalized spacial score (nSPS) is 17.7. The molecule has 1 unspecified atom stereocenters. The lowest BCUT2D eigenvalue weighted by molar-refractivity contribution is -0.385. The summed E-state index contributed by atoms with van der Waals surface area (Å²) in [4.78, 5) is 10.3. The highest BCUT2D eigenvalue weighted by Crippen LogP contribution is 2.25. The number of aryl methyl sites for hydroxylation is 1. The van der Waals surface area contributed by atoms with Crippen LogP contribution in [-0.2, 0) is 10.0 Å². The minimum Gasteiger partial charge on any atom is -0.316 e. The second-order valence-corrected chi connectivity index (χ2v) is 7.42. The molecule has 0 aromatic heterocycles. The van der Waals surface area contributed by atoms with Gasteiger partial charge < -0.3 is 5.32 Å². The van der Waals surface area contributed by atoms with E-state index in [0.29, 0.717) is 23.6 Å². The molecule has 130 valence electrons. The number of nitro benzene ring substituents is 1. The van der Waals surface area contributed by atoms with Gasteiger partial charge in [-0.2, -0.15) is 0 Å². The van der Waals surface area contributed by atoms with E-state index in [1.807, 2.05) is 0 Å². The molecule has 1 aliphatic rings. The summed E-state index contributed by atoms with van der Waals surface area (Å²) < 4.78 is 27.4. The number of hydrogen-bond acceptors (Lipinski definition) is 5. The molecule has 1 aromatic rings. The maximum absolute atomic E-state index is 12.4. The van der Waals surface area contributed by atoms with Crippen molar-refractivity contribution in [2.75, 3.05) is 19.6 Å². The molecule has 1 aromatic carbocycles. The Labute approximate surface area is 142 Å². The Morgan fingerprint density at radius 3 is 2.65 bits per heavy atom. The summed E-state index contributed by atoms with van der Waals surface area (Å²) in [6.45, 7) is 5.56. The van der Waals surface area contributed by atoms with Crippen LogP contribution >= 0.6 is 12.4 Å². The van der Waals surface area contributed by atoms with E-state index in [-0.39, 0.29) is 23.0 Å². The topological polar surface area (TPSA) is 101 Å². The third-order valence-electron chi connectivity index (χ3n) is 4.11. The van der Waals surface area contributed by atoms with Crippen LogP contribution in [0.2, 0.25) is 0 Å². The summed E-state index contributed by atoms with van der Waals surface area (Å²) in [6, 6.07) is 2.51. The van der Waals surface area contributed by atoms with Crippen LogP contribution in [0.15, 0.2) is 17.0 Å². The van der Waals surface area contributed by atoms with E-state index in [4.69, 9.17) is 0 Å². The van der Waals surface area contributed by atoms with Gasteiger partial charge in [-0.1, -0.05) is 0 Å². The quantitative estimate of drug-likeness (QED) is 0.593. The minimum atomic E-state index is -3.74. The molecule has 0 amide bonds. The molecule has 9 heteroatoms. The zero-order chi connectivity index (χ0) is 16.3. The van der Waals surface area contributed by atoms with Crippen LogP contribution < -0.4 is 10.0 Å². The average molecular weight is 364 g/mol. The average Bonchev–Trinajstić information content (AvgIpc) is 2.94. The van der Waals surface area contributed by atoms with Crippen LogP contribution in [0.25, 0.3) is 0 Å². The maximum atomic E-state index is 12.4. The Balaban J connectivity index is 0.00000264. The number of non-ortho nitro benzene ring substituents is 1. The first-order valence-corrected chi connectivity index (χ1v) is 8.75. The van der Waals surface area contributed by atoms with Gasteiger partial charge >= 0.3 is 0 Å². The Hall–Kier alpha value is -1.22. The summed E-state index contributed by atoms with van der Waals surface area (Å²) in [5, 5.41) is 14.2. The summed E-state index contributed by atoms with van der Waals surface area (Å²) in [5.41, 5.74) is 0.929. The number of nitrogens with one attached hydrogen (secondary N) is 2. The largest absolute Gasteiger partial charge is 0.316 e. The fraction of sp³-hybridized carbons (Fsp3) is 0.571. The molecule has 0 aliphatic carbocycles. The number of nitrogens with zero attached hydrogens (tertiary/aromatic N) is 1. The second kappa shape index (κ2) is 8.05. The predicted molar refractivity (Wildman–Crippen MR) is 90.6 cm³/mol. The molecular formula is C14H22ClN3O4S. The molecule has 2 N–H and O–H groups in total. The van der Waals surface area contributed by atoms with Gasteiger partial charge in [-0.15, -0.1) is 12.4 Å². The SMILES string of the molecule is Cc1cc([N+](=O)[O-])cc(S(=O)(=O)NCCC2CCNC2)c1C.Cl. The van der Waals surface area contributed by atoms with E-state index in [1.54, 1.807) is 13.8 Å². The van der Waals surface area contributed by atoms with Crippen LogP contribution in [0.5, 0.6) is 0 Å². The zero-order valence-corrected chi connectivity index (χ0v) is 14.8. The van der Waals surface area contributed by atoms with Crippen molar-refractivity contribution >= 4 is 28.1 Å². The smallest absolute Gasteiger partial charge is 0.271 e. The minimum absolute atomic E-state index is 0. The van der Waals surface area contributed by atoms with Gasteiger partial charge in [0.25, 0.3) is 5.69 Å². The number of rotatable bonds is 6. The van der Waals surface area contributed by atoms with E-state index in [2.05, 4.69) is 10.0 Å². The Morgan fingerprint density at radius 1 is 1.39 bits per heavy atom. The molecule has 1 fully saturated rings. The van der Waals surface area contributed by atoms with Gasteiger partial charge in [0.05, 0.1) is 9.82 Å². The highest BCUT2D eigenvalue weighted by molar-refractivity contribution is 7.89. The molecule has 23 heavy (non-hydrogen) atoms. The van der Waals surface area contributed by atoms with Crippen molar-refractivity contribution in [1.82, 2.24) is 10.0 Å². The van der Waals surface area contributed by atoms with Crippen LogP contribution in [0.3, 0.4) is 0 Å². The first-order chi connectivity index (χ1) is 10.3. The van der Waals surface area contributed by atoms with Crippen LogP contribution in [-0.4, -0.2) is 33.0 Å². The van der Waals surface area contributed by atoms with Gasteiger partial charge in [0.15, 0.2) is 0 Å². The molecule has 0 bridgehead atoms. The molecule has 0 radical (unpaired) electrons. The standard InChI is InChI=1S/C14H21N3O4S.ClH/c1-10-7-13(17(18)19)8-14(11(10)2)22(20,21)16-6-4-12-3-5-15-9-12;/h7-8,12,15-16H,3-6,9H2,1-2H3;1H. The number of hydrogen-bond donors (Lipinski definition) is 2. The fourth-order valence-electron chi connectivity index (χ4n) is 2.63. The van der Waals surface area contributed by atoms with Crippen molar-refractivity contribution < 1.29 is 13.3 Å². The second-order valence-electron chi connectivity index (χ2n) is 5.69. The highest BCUT2D eigenvalue weighted by Gasteiger charge is 2.23. The lowest BCUT2D eigenvalue weighted by atomic mass is 10.1. The molecule has 1 aliphatic heterocycles. The van der Waals surface area contributed by atoms with E-state index in [9.17, 15) is 18.5 Å². The highest BCUT2D eigenvalue weighted by atomic mass is 35.5. The van der Waals surface area contributed by atoms with E-state index >= 15 is 0 Å². The number of nitro groups is 1. The van der Waals surface area contributed by atoms with Crippen molar-refractivity contribution in [2.45, 2.75) is 31.6 Å². The summed E-state index contributed by atoms with van der Waals surface area (Å²) in [5.74, 6) is 0.482. The lowest BCUT2D eigenvalue weighted by Gasteiger charge is -2.13. The summed E-state index contributed by atoms with van der Waals surface area (Å²) in [6.07, 6.45) is 1.82. The fourth-order valence-corrected chi connectivity index (χ4v) is 4.01. The maximum Gasteiger partial charge on any atom is 0.271 e. The van der Waals surface area contributed by atoms with Crippen molar-refractivity contribution in [3.05, 3.63) is 33.4 Å². The third kappa shape index (κ3) is 4.87. The van der Waals surface area contributed by atoms with Gasteiger partial charge in [-0.3, -0.25) is 10.1 Å². The van der Waals surface area contributed by atoms with Crippen LogP contribution in [0.4, 0.5) is 5.69 Å². The molecule has 7 nitrogen and oxygen atoms in total. The van der Waals surface area contributed by atoms with Crippen molar-refractivity contribution in [2.24, 2.45) is 5.92 Å². The lowest BCUT2D eigenvalue weighted by Crippen LogP contribution is -2.27. The van der Waals surface area contributed by atoms with E-state index in [0.717, 1.165) is 32.0 Å². The Kier molecular flexibility index (Phi) is 6.94. The van der Waals surface area contributed by atoms with E-state index in [1.165, 1.54) is 6.07 Å². The third-order valence-corrected chi connectivity index (χ3v) is 5.70. The van der Waals surface area contributed by atoms with Gasteiger partial charge in [-0.25, -0.2) is 13.1 Å². The summed E-state index contributed by atoms with van der Waals surface area (Å²) in [7, 11) is -3.74. The molecular weight excluding hydrogens is 342 g/mol.